The topological polar surface area (TPSA) is 92.4 Å². The van der Waals surface area contributed by atoms with Crippen LogP contribution in [-0.4, -0.2) is 29.1 Å². The fraction of sp³-hybridized carbons (Fsp3) is 0.714. The van der Waals surface area contributed by atoms with Crippen molar-refractivity contribution in [1.82, 2.24) is 5.32 Å². The van der Waals surface area contributed by atoms with Crippen molar-refractivity contribution in [3.05, 3.63) is 0 Å². The van der Waals surface area contributed by atoms with Crippen LogP contribution in [0, 0.1) is 0 Å². The summed E-state index contributed by atoms with van der Waals surface area (Å²) in [5.41, 5.74) is 5.30. The van der Waals surface area contributed by atoms with Crippen LogP contribution in [0.25, 0.3) is 0 Å². The predicted octanol–water partition coefficient (Wildman–Crippen LogP) is -0.933. The summed E-state index contributed by atoms with van der Waals surface area (Å²) in [5.74, 6) is -1.41. The van der Waals surface area contributed by atoms with Gasteiger partial charge in [0, 0.05) is 6.04 Å². The number of carbonyl (C=O) groups excluding carboxylic acids is 1. The first-order chi connectivity index (χ1) is 5.59. The van der Waals surface area contributed by atoms with Gasteiger partial charge in [0.15, 0.2) is 0 Å². The molecule has 0 spiro atoms. The van der Waals surface area contributed by atoms with Gasteiger partial charge in [-0.1, -0.05) is 0 Å². The van der Waals surface area contributed by atoms with Gasteiger partial charge < -0.3 is 16.2 Å². The van der Waals surface area contributed by atoms with Crippen LogP contribution in [0.15, 0.2) is 0 Å². The molecule has 0 aliphatic heterocycles. The van der Waals surface area contributed by atoms with Gasteiger partial charge in [-0.25, -0.2) is 0 Å². The molecular weight excluding hydrogens is 160 g/mol. The summed E-state index contributed by atoms with van der Waals surface area (Å²) < 4.78 is 0. The van der Waals surface area contributed by atoms with Crippen molar-refractivity contribution in [2.45, 2.75) is 31.3 Å². The molecular formula is C7H12N2O3. The fourth-order valence-electron chi connectivity index (χ4n) is 0.817. The Kier molecular flexibility index (Phi) is 2.65. The highest BCUT2D eigenvalue weighted by Gasteiger charge is 2.26. The maximum atomic E-state index is 11.0. The molecule has 1 rings (SSSR count). The maximum absolute atomic E-state index is 11.0. The second-order valence-corrected chi connectivity index (χ2v) is 2.99. The molecule has 0 saturated heterocycles. The van der Waals surface area contributed by atoms with Crippen LogP contribution in [0.2, 0.25) is 0 Å². The molecule has 1 unspecified atom stereocenters. The number of aliphatic carboxylic acids is 1. The molecule has 4 N–H and O–H groups in total. The van der Waals surface area contributed by atoms with Crippen molar-refractivity contribution in [2.75, 3.05) is 0 Å². The maximum Gasteiger partial charge on any atom is 0.305 e. The van der Waals surface area contributed by atoms with Crippen LogP contribution >= 0.6 is 0 Å². The lowest BCUT2D eigenvalue weighted by Gasteiger charge is -2.08. The molecule has 1 saturated carbocycles. The second kappa shape index (κ2) is 3.53. The summed E-state index contributed by atoms with van der Waals surface area (Å²) >= 11 is 0. The molecule has 1 fully saturated rings. The Labute approximate surface area is 69.9 Å². The van der Waals surface area contributed by atoms with E-state index >= 15 is 0 Å². The third kappa shape index (κ3) is 2.87. The van der Waals surface area contributed by atoms with Crippen molar-refractivity contribution < 1.29 is 14.7 Å². The quantitative estimate of drug-likeness (QED) is 0.510. The third-order valence-corrected chi connectivity index (χ3v) is 1.66. The molecule has 0 aromatic carbocycles. The van der Waals surface area contributed by atoms with E-state index in [1.54, 1.807) is 0 Å². The van der Waals surface area contributed by atoms with Crippen LogP contribution in [0.4, 0.5) is 0 Å². The monoisotopic (exact) mass is 172 g/mol. The van der Waals surface area contributed by atoms with Gasteiger partial charge in [-0.15, -0.1) is 0 Å². The summed E-state index contributed by atoms with van der Waals surface area (Å²) in [7, 11) is 0. The molecule has 1 aliphatic carbocycles. The van der Waals surface area contributed by atoms with E-state index < -0.39 is 12.0 Å². The van der Waals surface area contributed by atoms with Crippen LogP contribution in [0.5, 0.6) is 0 Å². The minimum Gasteiger partial charge on any atom is -0.481 e. The Bertz CT molecular complexity index is 201. The number of amides is 1. The number of carboxylic acid groups (broad SMARTS) is 1. The third-order valence-electron chi connectivity index (χ3n) is 1.66. The SMILES string of the molecule is NC(CC(=O)O)C(=O)NC1CC1. The first-order valence-corrected chi connectivity index (χ1v) is 3.87. The van der Waals surface area contributed by atoms with Crippen LogP contribution < -0.4 is 11.1 Å². The van der Waals surface area contributed by atoms with Gasteiger partial charge in [0.05, 0.1) is 12.5 Å². The highest BCUT2D eigenvalue weighted by Crippen LogP contribution is 2.18. The Morgan fingerprint density at radius 2 is 2.17 bits per heavy atom. The fourth-order valence-corrected chi connectivity index (χ4v) is 0.817. The Hall–Kier alpha value is -1.10. The van der Waals surface area contributed by atoms with Crippen molar-refractivity contribution in [1.29, 1.82) is 0 Å². The highest BCUT2D eigenvalue weighted by molar-refractivity contribution is 5.86. The zero-order valence-electron chi connectivity index (χ0n) is 6.62. The molecule has 0 aromatic heterocycles. The lowest BCUT2D eigenvalue weighted by atomic mass is 10.2. The van der Waals surface area contributed by atoms with Gasteiger partial charge in [-0.05, 0) is 12.8 Å². The molecule has 1 aliphatic rings. The summed E-state index contributed by atoms with van der Waals surface area (Å²) in [6.07, 6.45) is 1.65. The van der Waals surface area contributed by atoms with Crippen molar-refractivity contribution in [3.63, 3.8) is 0 Å². The normalized spacial score (nSPS) is 18.4. The van der Waals surface area contributed by atoms with Crippen LogP contribution in [0.1, 0.15) is 19.3 Å². The van der Waals surface area contributed by atoms with Gasteiger partial charge in [0.1, 0.15) is 0 Å². The van der Waals surface area contributed by atoms with Gasteiger partial charge in [0.25, 0.3) is 0 Å². The number of nitrogens with one attached hydrogen (secondary N) is 1. The number of rotatable bonds is 4. The van der Waals surface area contributed by atoms with Gasteiger partial charge in [0.2, 0.25) is 5.91 Å². The molecule has 5 nitrogen and oxygen atoms in total. The van der Waals surface area contributed by atoms with Crippen molar-refractivity contribution >= 4 is 11.9 Å². The lowest BCUT2D eigenvalue weighted by Crippen LogP contribution is -2.42. The predicted molar refractivity (Wildman–Crippen MR) is 41.4 cm³/mol. The van der Waals surface area contributed by atoms with E-state index in [-0.39, 0.29) is 18.4 Å². The highest BCUT2D eigenvalue weighted by atomic mass is 16.4. The van der Waals surface area contributed by atoms with E-state index in [4.69, 9.17) is 10.8 Å². The molecule has 0 radical (unpaired) electrons. The number of nitrogens with two attached hydrogens (primary N) is 1. The minimum absolute atomic E-state index is 0.234. The Balaban J connectivity index is 2.24. The molecule has 1 atom stereocenters. The molecule has 68 valence electrons. The van der Waals surface area contributed by atoms with Gasteiger partial charge in [-0.2, -0.15) is 0 Å². The Morgan fingerprint density at radius 3 is 2.58 bits per heavy atom. The van der Waals surface area contributed by atoms with Crippen LogP contribution in [-0.2, 0) is 9.59 Å². The van der Waals surface area contributed by atoms with Gasteiger partial charge in [-0.3, -0.25) is 9.59 Å². The first-order valence-electron chi connectivity index (χ1n) is 3.87. The molecule has 0 heterocycles. The van der Waals surface area contributed by atoms with E-state index in [1.165, 1.54) is 0 Å². The Morgan fingerprint density at radius 1 is 1.58 bits per heavy atom. The second-order valence-electron chi connectivity index (χ2n) is 2.99. The van der Waals surface area contributed by atoms with E-state index in [0.29, 0.717) is 0 Å². The van der Waals surface area contributed by atoms with E-state index in [0.717, 1.165) is 12.8 Å². The van der Waals surface area contributed by atoms with E-state index in [2.05, 4.69) is 5.32 Å². The standard InChI is InChI=1S/C7H12N2O3/c8-5(3-6(10)11)7(12)9-4-1-2-4/h4-5H,1-3,8H2,(H,9,12)(H,10,11). The zero-order chi connectivity index (χ0) is 9.14. The summed E-state index contributed by atoms with van der Waals surface area (Å²) in [6.45, 7) is 0. The first kappa shape index (κ1) is 8.99. The average molecular weight is 172 g/mol. The zero-order valence-corrected chi connectivity index (χ0v) is 6.62. The lowest BCUT2D eigenvalue weighted by molar-refractivity contribution is -0.139. The summed E-state index contributed by atoms with van der Waals surface area (Å²) in [6, 6.07) is -0.680. The smallest absolute Gasteiger partial charge is 0.305 e. The molecule has 0 aromatic rings. The number of hydrogen-bond donors (Lipinski definition) is 3. The number of carboxylic acids is 1. The van der Waals surface area contributed by atoms with Gasteiger partial charge >= 0.3 is 5.97 Å². The molecule has 1 amide bonds. The number of hydrogen-bond acceptors (Lipinski definition) is 3. The molecule has 0 bridgehead atoms. The average Bonchev–Trinajstić information content (AvgIpc) is 2.70. The summed E-state index contributed by atoms with van der Waals surface area (Å²) in [5, 5.41) is 11.0. The summed E-state index contributed by atoms with van der Waals surface area (Å²) in [4.78, 5) is 21.2. The van der Waals surface area contributed by atoms with Crippen LogP contribution in [0.3, 0.4) is 0 Å². The van der Waals surface area contributed by atoms with E-state index in [1.807, 2.05) is 0 Å². The largest absolute Gasteiger partial charge is 0.481 e. The molecule has 12 heavy (non-hydrogen) atoms. The van der Waals surface area contributed by atoms with E-state index in [9.17, 15) is 9.59 Å². The van der Waals surface area contributed by atoms with Crippen molar-refractivity contribution in [3.8, 4) is 0 Å². The minimum atomic E-state index is -1.05. The van der Waals surface area contributed by atoms with Crippen molar-refractivity contribution in [2.24, 2.45) is 5.73 Å². The molecule has 5 heteroatoms. The number of carbonyl (C=O) groups is 2.